The zero-order valence-electron chi connectivity index (χ0n) is 21.5. The summed E-state index contributed by atoms with van der Waals surface area (Å²) < 4.78 is 53.9. The highest BCUT2D eigenvalue weighted by atomic mass is 19.4. The fourth-order valence-electron chi connectivity index (χ4n) is 4.04. The molecule has 0 fully saturated rings. The van der Waals surface area contributed by atoms with Crippen molar-refractivity contribution in [3.8, 4) is 23.0 Å². The highest BCUT2D eigenvalue weighted by Gasteiger charge is 2.31. The molecular formula is C29H22F3NO9. The SMILES string of the molecule is O=C(O)CCC(=O)C(C(=O)COc1ccc(Oc2ccc(C(F)(F)F)cc2)cc1)c1cc2cc(OC(=O)O)ccc2[nH]1. The molecule has 3 N–H and O–H groups in total. The predicted molar refractivity (Wildman–Crippen MR) is 140 cm³/mol. The maximum Gasteiger partial charge on any atom is 0.511 e. The van der Waals surface area contributed by atoms with Crippen LogP contribution in [0.15, 0.2) is 72.8 Å². The zero-order chi connectivity index (χ0) is 30.4. The molecule has 0 saturated heterocycles. The fourth-order valence-corrected chi connectivity index (χ4v) is 4.04. The summed E-state index contributed by atoms with van der Waals surface area (Å²) in [7, 11) is 0. The van der Waals surface area contributed by atoms with E-state index in [-0.39, 0.29) is 22.9 Å². The molecule has 0 spiro atoms. The number of aromatic amines is 1. The van der Waals surface area contributed by atoms with Gasteiger partial charge < -0.3 is 29.4 Å². The van der Waals surface area contributed by atoms with Gasteiger partial charge in [-0.2, -0.15) is 13.2 Å². The van der Waals surface area contributed by atoms with E-state index in [0.717, 1.165) is 12.1 Å². The quantitative estimate of drug-likeness (QED) is 0.100. The van der Waals surface area contributed by atoms with Gasteiger partial charge >= 0.3 is 18.3 Å². The Hall–Kier alpha value is -5.33. The van der Waals surface area contributed by atoms with Gasteiger partial charge in [-0.05, 0) is 72.8 Å². The summed E-state index contributed by atoms with van der Waals surface area (Å²) >= 11 is 0. The Morgan fingerprint density at radius 3 is 1.95 bits per heavy atom. The number of alkyl halides is 3. The first-order valence-corrected chi connectivity index (χ1v) is 12.3. The highest BCUT2D eigenvalue weighted by molar-refractivity contribution is 6.09. The Bertz CT molecular complexity index is 1610. The minimum Gasteiger partial charge on any atom is -0.486 e. The Balaban J connectivity index is 1.45. The summed E-state index contributed by atoms with van der Waals surface area (Å²) in [5, 5.41) is 18.3. The number of carbonyl (C=O) groups excluding carboxylic acids is 2. The number of ether oxygens (including phenoxy) is 3. The van der Waals surface area contributed by atoms with Gasteiger partial charge in [0.15, 0.2) is 5.78 Å². The second-order valence-corrected chi connectivity index (χ2v) is 8.99. The van der Waals surface area contributed by atoms with Gasteiger partial charge in [-0.3, -0.25) is 14.4 Å². The number of benzene rings is 3. The summed E-state index contributed by atoms with van der Waals surface area (Å²) in [5.74, 6) is -3.20. The number of halogens is 3. The van der Waals surface area contributed by atoms with E-state index in [9.17, 15) is 32.3 Å². The van der Waals surface area contributed by atoms with Crippen LogP contribution in [-0.2, 0) is 20.6 Å². The lowest BCUT2D eigenvalue weighted by atomic mass is 9.92. The number of carboxylic acid groups (broad SMARTS) is 2. The van der Waals surface area contributed by atoms with Crippen molar-refractivity contribution in [1.29, 1.82) is 0 Å². The van der Waals surface area contributed by atoms with Crippen LogP contribution in [0.25, 0.3) is 10.9 Å². The van der Waals surface area contributed by atoms with E-state index in [4.69, 9.17) is 19.7 Å². The molecule has 0 aliphatic heterocycles. The van der Waals surface area contributed by atoms with Crippen molar-refractivity contribution < 1.29 is 56.8 Å². The lowest BCUT2D eigenvalue weighted by Gasteiger charge is -2.14. The Kier molecular flexibility index (Phi) is 8.79. The van der Waals surface area contributed by atoms with E-state index in [2.05, 4.69) is 9.72 Å². The first kappa shape index (κ1) is 29.6. The molecule has 3 aromatic carbocycles. The van der Waals surface area contributed by atoms with Gasteiger partial charge in [0.05, 0.1) is 12.0 Å². The number of nitrogens with one attached hydrogen (secondary N) is 1. The second-order valence-electron chi connectivity index (χ2n) is 8.99. The van der Waals surface area contributed by atoms with Crippen molar-refractivity contribution in [2.75, 3.05) is 6.61 Å². The molecule has 0 aliphatic rings. The molecule has 1 heterocycles. The maximum absolute atomic E-state index is 13.2. The summed E-state index contributed by atoms with van der Waals surface area (Å²) in [6.07, 6.45) is -6.88. The summed E-state index contributed by atoms with van der Waals surface area (Å²) in [5.41, 5.74) is -0.162. The first-order valence-electron chi connectivity index (χ1n) is 12.3. The number of aromatic nitrogens is 1. The van der Waals surface area contributed by atoms with Crippen molar-refractivity contribution in [3.05, 3.63) is 84.1 Å². The molecule has 13 heteroatoms. The third-order valence-corrected chi connectivity index (χ3v) is 5.98. The lowest BCUT2D eigenvalue weighted by Crippen LogP contribution is -2.27. The standard InChI is InChI=1S/C29H22F3NO9/c30-29(31,32)17-1-3-19(4-2-17)41-20-7-5-18(6-8-20)40-15-25(35)27(24(34)11-12-26(36)37)23-14-16-13-21(42-28(38)39)9-10-22(16)33-23/h1-10,13-14,27,33H,11-12,15H2,(H,36,37)(H,38,39). The molecule has 0 aliphatic carbocycles. The minimum absolute atomic E-state index is 0.0229. The normalized spacial score (nSPS) is 12.0. The molecule has 42 heavy (non-hydrogen) atoms. The molecule has 1 aromatic heterocycles. The van der Waals surface area contributed by atoms with Crippen LogP contribution in [0.1, 0.15) is 30.0 Å². The molecule has 0 radical (unpaired) electrons. The lowest BCUT2D eigenvalue weighted by molar-refractivity contribution is -0.139. The van der Waals surface area contributed by atoms with Crippen molar-refractivity contribution in [1.82, 2.24) is 4.98 Å². The Morgan fingerprint density at radius 2 is 1.36 bits per heavy atom. The van der Waals surface area contributed by atoms with Crippen LogP contribution in [0.2, 0.25) is 0 Å². The Labute approximate surface area is 235 Å². The molecule has 10 nitrogen and oxygen atoms in total. The minimum atomic E-state index is -4.47. The van der Waals surface area contributed by atoms with Crippen molar-refractivity contribution in [2.45, 2.75) is 24.9 Å². The van der Waals surface area contributed by atoms with Gasteiger partial charge in [0.2, 0.25) is 0 Å². The van der Waals surface area contributed by atoms with Gasteiger partial charge in [0.1, 0.15) is 41.3 Å². The molecule has 218 valence electrons. The zero-order valence-corrected chi connectivity index (χ0v) is 21.5. The first-order chi connectivity index (χ1) is 19.9. The number of hydrogen-bond donors (Lipinski definition) is 3. The monoisotopic (exact) mass is 585 g/mol. The number of carboxylic acids is 1. The number of ketones is 2. The molecule has 0 bridgehead atoms. The second kappa shape index (κ2) is 12.5. The van der Waals surface area contributed by atoms with Crippen LogP contribution in [0.3, 0.4) is 0 Å². The van der Waals surface area contributed by atoms with Gasteiger partial charge in [0.25, 0.3) is 0 Å². The summed E-state index contributed by atoms with van der Waals surface area (Å²) in [6, 6.07) is 15.8. The van der Waals surface area contributed by atoms with Crippen LogP contribution >= 0.6 is 0 Å². The smallest absolute Gasteiger partial charge is 0.486 e. The maximum atomic E-state index is 13.2. The van der Waals surface area contributed by atoms with E-state index >= 15 is 0 Å². The average molecular weight is 585 g/mol. The number of aliphatic carboxylic acids is 1. The number of rotatable bonds is 12. The molecule has 0 saturated carbocycles. The van der Waals surface area contributed by atoms with E-state index in [1.54, 1.807) is 0 Å². The van der Waals surface area contributed by atoms with Gasteiger partial charge in [-0.25, -0.2) is 4.79 Å². The number of fused-ring (bicyclic) bond motifs is 1. The highest BCUT2D eigenvalue weighted by Crippen LogP contribution is 2.32. The van der Waals surface area contributed by atoms with Gasteiger partial charge in [-0.1, -0.05) is 0 Å². The summed E-state index contributed by atoms with van der Waals surface area (Å²) in [4.78, 5) is 50.9. The van der Waals surface area contributed by atoms with Crippen molar-refractivity contribution >= 4 is 34.6 Å². The molecule has 4 rings (SSSR count). The van der Waals surface area contributed by atoms with Crippen molar-refractivity contribution in [3.63, 3.8) is 0 Å². The van der Waals surface area contributed by atoms with E-state index < -0.39 is 60.8 Å². The van der Waals surface area contributed by atoms with Crippen LogP contribution in [0.4, 0.5) is 18.0 Å². The van der Waals surface area contributed by atoms with Crippen LogP contribution < -0.4 is 14.2 Å². The average Bonchev–Trinajstić information content (AvgIpc) is 3.33. The topological polar surface area (TPSA) is 152 Å². The third kappa shape index (κ3) is 7.65. The van der Waals surface area contributed by atoms with Gasteiger partial charge in [0, 0.05) is 23.0 Å². The Morgan fingerprint density at radius 1 is 0.762 bits per heavy atom. The van der Waals surface area contributed by atoms with E-state index in [0.29, 0.717) is 16.7 Å². The molecule has 4 aromatic rings. The van der Waals surface area contributed by atoms with Crippen LogP contribution in [0, 0.1) is 0 Å². The summed E-state index contributed by atoms with van der Waals surface area (Å²) in [6.45, 7) is -0.550. The number of hydrogen-bond acceptors (Lipinski definition) is 7. The number of H-pyrrole nitrogens is 1. The number of Topliss-reactive ketones (excluding diaryl/α,β-unsaturated/α-hetero) is 2. The number of carbonyl (C=O) groups is 4. The van der Waals surface area contributed by atoms with Gasteiger partial charge in [-0.15, -0.1) is 0 Å². The molecule has 0 amide bonds. The molecule has 1 unspecified atom stereocenters. The fraction of sp³-hybridized carbons (Fsp3) is 0.172. The molecule has 1 atom stereocenters. The molecular weight excluding hydrogens is 563 g/mol. The van der Waals surface area contributed by atoms with E-state index in [1.807, 2.05) is 0 Å². The predicted octanol–water partition coefficient (Wildman–Crippen LogP) is 6.20. The van der Waals surface area contributed by atoms with E-state index in [1.165, 1.54) is 60.7 Å². The van der Waals surface area contributed by atoms with Crippen LogP contribution in [-0.4, -0.2) is 45.5 Å². The van der Waals surface area contributed by atoms with Crippen molar-refractivity contribution in [2.24, 2.45) is 0 Å². The third-order valence-electron chi connectivity index (χ3n) is 5.98. The van der Waals surface area contributed by atoms with Crippen LogP contribution in [0.5, 0.6) is 23.0 Å². The largest absolute Gasteiger partial charge is 0.511 e.